The fourth-order valence-electron chi connectivity index (χ4n) is 3.96. The second-order valence-corrected chi connectivity index (χ2v) is 8.09. The summed E-state index contributed by atoms with van der Waals surface area (Å²) in [6.07, 6.45) is 6.44. The van der Waals surface area contributed by atoms with Crippen molar-refractivity contribution < 1.29 is 0 Å². The van der Waals surface area contributed by atoms with E-state index in [1.165, 1.54) is 12.8 Å². The van der Waals surface area contributed by atoms with E-state index < -0.39 is 0 Å². The first-order valence-corrected chi connectivity index (χ1v) is 9.98. The third kappa shape index (κ3) is 2.82. The minimum absolute atomic E-state index is 0.307. The molecule has 144 valence electrons. The zero-order valence-electron chi connectivity index (χ0n) is 16.7. The molecule has 28 heavy (non-hydrogen) atoms. The van der Waals surface area contributed by atoms with E-state index in [4.69, 9.17) is 4.98 Å². The number of imidazole rings is 1. The second-order valence-electron chi connectivity index (χ2n) is 8.09. The number of rotatable bonds is 5. The fourth-order valence-corrected chi connectivity index (χ4v) is 3.96. The topological polar surface area (TPSA) is 84.3 Å². The van der Waals surface area contributed by atoms with Crippen LogP contribution in [0, 0.1) is 12.8 Å². The molecule has 7 nitrogen and oxygen atoms in total. The van der Waals surface area contributed by atoms with Crippen LogP contribution in [-0.2, 0) is 0 Å². The van der Waals surface area contributed by atoms with Crippen molar-refractivity contribution in [2.75, 3.05) is 5.32 Å². The van der Waals surface area contributed by atoms with Crippen molar-refractivity contribution in [3.63, 3.8) is 0 Å². The standard InChI is InChI=1S/C21H25N7/c1-11(2)28-13(4)25-18-8-7-17(26-20(18)28)15-9-22-19-16(15)10-23-21(27-19)24-12(3)14-5-6-14/h7-12,14H,5-6H2,1-4H3,(H2,22,23,24,27). The summed E-state index contributed by atoms with van der Waals surface area (Å²) in [6.45, 7) is 8.53. The number of aromatic amines is 1. The van der Waals surface area contributed by atoms with Crippen molar-refractivity contribution in [1.29, 1.82) is 0 Å². The van der Waals surface area contributed by atoms with E-state index in [1.807, 2.05) is 31.5 Å². The third-order valence-corrected chi connectivity index (χ3v) is 5.62. The highest BCUT2D eigenvalue weighted by atomic mass is 15.1. The van der Waals surface area contributed by atoms with Gasteiger partial charge in [0.15, 0.2) is 5.65 Å². The van der Waals surface area contributed by atoms with Crippen LogP contribution < -0.4 is 5.32 Å². The molecule has 0 aromatic carbocycles. The normalized spacial score (nSPS) is 15.6. The SMILES string of the molecule is Cc1nc2ccc(-c3c[nH]c4nc(NC(C)C5CC5)ncc34)nc2n1C(C)C. The smallest absolute Gasteiger partial charge is 0.224 e. The molecule has 1 unspecified atom stereocenters. The first-order valence-electron chi connectivity index (χ1n) is 9.98. The van der Waals surface area contributed by atoms with Crippen LogP contribution in [0.2, 0.25) is 0 Å². The van der Waals surface area contributed by atoms with Crippen LogP contribution in [-0.4, -0.2) is 35.5 Å². The molecular weight excluding hydrogens is 350 g/mol. The number of pyridine rings is 1. The molecule has 1 fully saturated rings. The molecule has 0 bridgehead atoms. The number of anilines is 1. The van der Waals surface area contributed by atoms with Gasteiger partial charge in [0.2, 0.25) is 5.95 Å². The second kappa shape index (κ2) is 6.29. The van der Waals surface area contributed by atoms with Crippen molar-refractivity contribution in [2.24, 2.45) is 5.92 Å². The molecule has 0 saturated heterocycles. The van der Waals surface area contributed by atoms with Gasteiger partial charge in [-0.05, 0) is 58.6 Å². The van der Waals surface area contributed by atoms with Crippen LogP contribution in [0.3, 0.4) is 0 Å². The van der Waals surface area contributed by atoms with E-state index in [0.29, 0.717) is 18.0 Å². The Hall–Kier alpha value is -2.96. The fraction of sp³-hybridized carbons (Fsp3) is 0.429. The van der Waals surface area contributed by atoms with E-state index in [0.717, 1.165) is 45.2 Å². The third-order valence-electron chi connectivity index (χ3n) is 5.62. The molecule has 4 aromatic heterocycles. The number of nitrogens with one attached hydrogen (secondary N) is 2. The summed E-state index contributed by atoms with van der Waals surface area (Å²) in [7, 11) is 0. The van der Waals surface area contributed by atoms with Gasteiger partial charge >= 0.3 is 0 Å². The molecule has 7 heteroatoms. The monoisotopic (exact) mass is 375 g/mol. The van der Waals surface area contributed by atoms with Crippen molar-refractivity contribution in [3.8, 4) is 11.3 Å². The van der Waals surface area contributed by atoms with Crippen molar-refractivity contribution in [3.05, 3.63) is 30.4 Å². The number of H-pyrrole nitrogens is 1. The van der Waals surface area contributed by atoms with Crippen molar-refractivity contribution >= 4 is 28.1 Å². The Morgan fingerprint density at radius 3 is 2.71 bits per heavy atom. The quantitative estimate of drug-likeness (QED) is 0.538. The van der Waals surface area contributed by atoms with E-state index in [9.17, 15) is 0 Å². The highest BCUT2D eigenvalue weighted by Gasteiger charge is 2.28. The summed E-state index contributed by atoms with van der Waals surface area (Å²) >= 11 is 0. The molecular formula is C21H25N7. The Bertz CT molecular complexity index is 1170. The summed E-state index contributed by atoms with van der Waals surface area (Å²) in [5.41, 5.74) is 4.57. The van der Waals surface area contributed by atoms with Gasteiger partial charge in [-0.1, -0.05) is 0 Å². The van der Waals surface area contributed by atoms with Crippen LogP contribution >= 0.6 is 0 Å². The maximum Gasteiger partial charge on any atom is 0.224 e. The van der Waals surface area contributed by atoms with Crippen LogP contribution in [0.15, 0.2) is 24.5 Å². The number of aryl methyl sites for hydroxylation is 1. The van der Waals surface area contributed by atoms with Gasteiger partial charge < -0.3 is 14.9 Å². The number of fused-ring (bicyclic) bond motifs is 2. The number of hydrogen-bond acceptors (Lipinski definition) is 5. The van der Waals surface area contributed by atoms with Crippen LogP contribution in [0.5, 0.6) is 0 Å². The first-order chi connectivity index (χ1) is 13.5. The molecule has 0 aliphatic heterocycles. The summed E-state index contributed by atoms with van der Waals surface area (Å²) in [6, 6.07) is 4.77. The zero-order valence-corrected chi connectivity index (χ0v) is 16.7. The summed E-state index contributed by atoms with van der Waals surface area (Å²) < 4.78 is 2.17. The number of aromatic nitrogens is 6. The molecule has 5 rings (SSSR count). The van der Waals surface area contributed by atoms with Gasteiger partial charge in [-0.2, -0.15) is 4.98 Å². The lowest BCUT2D eigenvalue weighted by Crippen LogP contribution is -2.18. The maximum atomic E-state index is 4.92. The predicted octanol–water partition coefficient (Wildman–Crippen LogP) is 4.47. The van der Waals surface area contributed by atoms with Gasteiger partial charge in [0.1, 0.15) is 17.0 Å². The molecule has 1 aliphatic carbocycles. The molecule has 4 aromatic rings. The summed E-state index contributed by atoms with van der Waals surface area (Å²) in [4.78, 5) is 22.0. The lowest BCUT2D eigenvalue weighted by atomic mass is 10.1. The zero-order chi connectivity index (χ0) is 19.4. The average Bonchev–Trinajstić information content (AvgIpc) is 3.35. The minimum atomic E-state index is 0.307. The summed E-state index contributed by atoms with van der Waals surface area (Å²) in [5, 5.41) is 4.40. The van der Waals surface area contributed by atoms with Gasteiger partial charge in [-0.3, -0.25) is 0 Å². The largest absolute Gasteiger partial charge is 0.351 e. The lowest BCUT2D eigenvalue weighted by molar-refractivity contribution is 0.595. The molecule has 1 saturated carbocycles. The Morgan fingerprint density at radius 1 is 1.14 bits per heavy atom. The number of nitrogens with zero attached hydrogens (tertiary/aromatic N) is 5. The maximum absolute atomic E-state index is 4.92. The molecule has 2 N–H and O–H groups in total. The van der Waals surface area contributed by atoms with E-state index in [-0.39, 0.29) is 0 Å². The van der Waals surface area contributed by atoms with Crippen molar-refractivity contribution in [2.45, 2.75) is 52.6 Å². The lowest BCUT2D eigenvalue weighted by Gasteiger charge is -2.12. The van der Waals surface area contributed by atoms with Gasteiger partial charge in [0, 0.05) is 35.4 Å². The van der Waals surface area contributed by atoms with Crippen LogP contribution in [0.1, 0.15) is 45.5 Å². The van der Waals surface area contributed by atoms with E-state index in [2.05, 4.69) is 50.6 Å². The molecule has 0 spiro atoms. The molecule has 4 heterocycles. The molecule has 1 atom stereocenters. The van der Waals surface area contributed by atoms with Crippen molar-refractivity contribution in [1.82, 2.24) is 29.5 Å². The van der Waals surface area contributed by atoms with Gasteiger partial charge in [-0.25, -0.2) is 15.0 Å². The van der Waals surface area contributed by atoms with Gasteiger partial charge in [0.05, 0.1) is 5.69 Å². The van der Waals surface area contributed by atoms with Gasteiger partial charge in [0.25, 0.3) is 0 Å². The molecule has 1 aliphatic rings. The average molecular weight is 375 g/mol. The van der Waals surface area contributed by atoms with Crippen LogP contribution in [0.4, 0.5) is 5.95 Å². The predicted molar refractivity (Wildman–Crippen MR) is 111 cm³/mol. The summed E-state index contributed by atoms with van der Waals surface area (Å²) in [5.74, 6) is 2.42. The van der Waals surface area contributed by atoms with Crippen LogP contribution in [0.25, 0.3) is 33.5 Å². The number of hydrogen-bond donors (Lipinski definition) is 2. The molecule has 0 radical (unpaired) electrons. The minimum Gasteiger partial charge on any atom is -0.351 e. The Morgan fingerprint density at radius 2 is 1.96 bits per heavy atom. The Kier molecular flexibility index (Phi) is 3.86. The van der Waals surface area contributed by atoms with E-state index in [1.54, 1.807) is 0 Å². The Balaban J connectivity index is 1.54. The first kappa shape index (κ1) is 17.2. The Labute approximate surface area is 163 Å². The molecule has 0 amide bonds. The van der Waals surface area contributed by atoms with Gasteiger partial charge in [-0.15, -0.1) is 0 Å². The highest BCUT2D eigenvalue weighted by Crippen LogP contribution is 2.34. The van der Waals surface area contributed by atoms with E-state index >= 15 is 0 Å². The highest BCUT2D eigenvalue weighted by molar-refractivity contribution is 5.93.